The molecule has 0 amide bonds. The summed E-state index contributed by atoms with van der Waals surface area (Å²) in [6.07, 6.45) is 1.23. The standard InChI is InChI=1S/C12H17FN2S/c1-15(12-2-3-16-8-12)7-9-4-10(13)6-11(14)5-9/h4-6,12H,2-3,7-8,14H2,1H3. The van der Waals surface area contributed by atoms with Gasteiger partial charge in [0.2, 0.25) is 0 Å². The number of nitrogen functional groups attached to an aromatic ring is 1. The van der Waals surface area contributed by atoms with Gasteiger partial charge in [0.15, 0.2) is 0 Å². The minimum atomic E-state index is -0.246. The van der Waals surface area contributed by atoms with Crippen molar-refractivity contribution in [1.29, 1.82) is 0 Å². The van der Waals surface area contributed by atoms with E-state index >= 15 is 0 Å². The maximum atomic E-state index is 13.2. The molecule has 0 radical (unpaired) electrons. The predicted molar refractivity (Wildman–Crippen MR) is 68.0 cm³/mol. The van der Waals surface area contributed by atoms with Gasteiger partial charge in [-0.2, -0.15) is 11.8 Å². The van der Waals surface area contributed by atoms with Crippen LogP contribution in [0, 0.1) is 5.82 Å². The van der Waals surface area contributed by atoms with Crippen molar-refractivity contribution in [3.05, 3.63) is 29.6 Å². The number of anilines is 1. The van der Waals surface area contributed by atoms with Crippen molar-refractivity contribution in [3.8, 4) is 0 Å². The lowest BCUT2D eigenvalue weighted by atomic mass is 10.1. The van der Waals surface area contributed by atoms with E-state index in [0.29, 0.717) is 11.7 Å². The molecular weight excluding hydrogens is 223 g/mol. The van der Waals surface area contributed by atoms with Crippen molar-refractivity contribution < 1.29 is 4.39 Å². The Morgan fingerprint density at radius 1 is 1.50 bits per heavy atom. The molecule has 2 N–H and O–H groups in total. The minimum Gasteiger partial charge on any atom is -0.399 e. The van der Waals surface area contributed by atoms with Crippen LogP contribution in [0.5, 0.6) is 0 Å². The zero-order valence-corrected chi connectivity index (χ0v) is 10.3. The van der Waals surface area contributed by atoms with Gasteiger partial charge in [-0.05, 0) is 43.0 Å². The van der Waals surface area contributed by atoms with E-state index in [1.165, 1.54) is 24.0 Å². The molecule has 4 heteroatoms. The topological polar surface area (TPSA) is 29.3 Å². The van der Waals surface area contributed by atoms with Crippen molar-refractivity contribution >= 4 is 17.4 Å². The molecule has 1 unspecified atom stereocenters. The van der Waals surface area contributed by atoms with E-state index < -0.39 is 0 Å². The molecule has 0 spiro atoms. The lowest BCUT2D eigenvalue weighted by Gasteiger charge is -2.23. The molecule has 1 heterocycles. The molecule has 16 heavy (non-hydrogen) atoms. The molecule has 0 bridgehead atoms. The van der Waals surface area contributed by atoms with E-state index in [4.69, 9.17) is 5.73 Å². The second kappa shape index (κ2) is 5.06. The highest BCUT2D eigenvalue weighted by molar-refractivity contribution is 7.99. The first kappa shape index (κ1) is 11.7. The van der Waals surface area contributed by atoms with Crippen molar-refractivity contribution in [2.75, 3.05) is 24.3 Å². The van der Waals surface area contributed by atoms with Gasteiger partial charge in [-0.3, -0.25) is 4.90 Å². The average Bonchev–Trinajstić information content (AvgIpc) is 2.68. The van der Waals surface area contributed by atoms with Crippen molar-refractivity contribution in [3.63, 3.8) is 0 Å². The molecule has 1 aliphatic heterocycles. The molecule has 1 fully saturated rings. The fraction of sp³-hybridized carbons (Fsp3) is 0.500. The smallest absolute Gasteiger partial charge is 0.125 e. The number of halogens is 1. The molecule has 1 aromatic carbocycles. The number of nitrogens with zero attached hydrogens (tertiary/aromatic N) is 1. The van der Waals surface area contributed by atoms with E-state index in [0.717, 1.165) is 12.1 Å². The van der Waals surface area contributed by atoms with Crippen molar-refractivity contribution in [1.82, 2.24) is 4.90 Å². The highest BCUT2D eigenvalue weighted by atomic mass is 32.2. The number of hydrogen-bond acceptors (Lipinski definition) is 3. The van der Waals surface area contributed by atoms with Gasteiger partial charge in [0.05, 0.1) is 0 Å². The summed E-state index contributed by atoms with van der Waals surface area (Å²) in [5.41, 5.74) is 7.09. The summed E-state index contributed by atoms with van der Waals surface area (Å²) < 4.78 is 13.2. The second-order valence-electron chi connectivity index (χ2n) is 4.33. The van der Waals surface area contributed by atoms with Gasteiger partial charge in [-0.15, -0.1) is 0 Å². The van der Waals surface area contributed by atoms with Crippen molar-refractivity contribution in [2.24, 2.45) is 0 Å². The molecular formula is C12H17FN2S. The molecule has 1 saturated heterocycles. The first-order valence-corrected chi connectivity index (χ1v) is 6.63. The lowest BCUT2D eigenvalue weighted by Crippen LogP contribution is -2.30. The number of rotatable bonds is 3. The van der Waals surface area contributed by atoms with Crippen LogP contribution < -0.4 is 5.73 Å². The first-order chi connectivity index (χ1) is 7.65. The van der Waals surface area contributed by atoms with Crippen LogP contribution in [-0.2, 0) is 6.54 Å². The van der Waals surface area contributed by atoms with Gasteiger partial charge in [0.1, 0.15) is 5.82 Å². The largest absolute Gasteiger partial charge is 0.399 e. The van der Waals surface area contributed by atoms with Gasteiger partial charge in [0, 0.05) is 24.0 Å². The van der Waals surface area contributed by atoms with Gasteiger partial charge >= 0.3 is 0 Å². The molecule has 1 aliphatic rings. The summed E-state index contributed by atoms with van der Waals surface area (Å²) in [6, 6.07) is 5.39. The minimum absolute atomic E-state index is 0.246. The quantitative estimate of drug-likeness (QED) is 0.822. The fourth-order valence-corrected chi connectivity index (χ4v) is 3.35. The molecule has 1 atom stereocenters. The molecule has 2 rings (SSSR count). The van der Waals surface area contributed by atoms with Gasteiger partial charge < -0.3 is 5.73 Å². The molecule has 0 aliphatic carbocycles. The van der Waals surface area contributed by atoms with Crippen LogP contribution in [0.2, 0.25) is 0 Å². The van der Waals surface area contributed by atoms with Crippen LogP contribution in [0.25, 0.3) is 0 Å². The SMILES string of the molecule is CN(Cc1cc(N)cc(F)c1)C1CCSC1. The van der Waals surface area contributed by atoms with Crippen molar-refractivity contribution in [2.45, 2.75) is 19.0 Å². The molecule has 2 nitrogen and oxygen atoms in total. The van der Waals surface area contributed by atoms with Crippen LogP contribution >= 0.6 is 11.8 Å². The third-order valence-electron chi connectivity index (χ3n) is 2.94. The Morgan fingerprint density at radius 2 is 2.31 bits per heavy atom. The Balaban J connectivity index is 2.02. The maximum absolute atomic E-state index is 13.2. The first-order valence-electron chi connectivity index (χ1n) is 5.48. The number of nitrogens with two attached hydrogens (primary N) is 1. The van der Waals surface area contributed by atoms with Crippen LogP contribution in [0.1, 0.15) is 12.0 Å². The van der Waals surface area contributed by atoms with E-state index in [-0.39, 0.29) is 5.82 Å². The van der Waals surface area contributed by atoms with E-state index in [1.807, 2.05) is 17.8 Å². The Labute approximate surface area is 100 Å². The third-order valence-corrected chi connectivity index (χ3v) is 4.09. The summed E-state index contributed by atoms with van der Waals surface area (Å²) in [5, 5.41) is 0. The van der Waals surface area contributed by atoms with Gasteiger partial charge in [-0.25, -0.2) is 4.39 Å². The van der Waals surface area contributed by atoms with Crippen LogP contribution in [0.15, 0.2) is 18.2 Å². The Hall–Kier alpha value is -0.740. The molecule has 0 saturated carbocycles. The zero-order chi connectivity index (χ0) is 11.5. The van der Waals surface area contributed by atoms with E-state index in [1.54, 1.807) is 6.07 Å². The fourth-order valence-electron chi connectivity index (χ4n) is 2.05. The van der Waals surface area contributed by atoms with Crippen LogP contribution in [-0.4, -0.2) is 29.5 Å². The number of thioether (sulfide) groups is 1. The molecule has 88 valence electrons. The monoisotopic (exact) mass is 240 g/mol. The summed E-state index contributed by atoms with van der Waals surface area (Å²) in [4.78, 5) is 2.29. The normalized spacial score (nSPS) is 20.6. The molecule has 0 aromatic heterocycles. The van der Waals surface area contributed by atoms with Gasteiger partial charge in [-0.1, -0.05) is 0 Å². The maximum Gasteiger partial charge on any atom is 0.125 e. The Bertz CT molecular complexity index is 344. The van der Waals surface area contributed by atoms with E-state index in [2.05, 4.69) is 11.9 Å². The zero-order valence-electron chi connectivity index (χ0n) is 9.45. The van der Waals surface area contributed by atoms with E-state index in [9.17, 15) is 4.39 Å². The summed E-state index contributed by atoms with van der Waals surface area (Å²) >= 11 is 1.99. The summed E-state index contributed by atoms with van der Waals surface area (Å²) in [6.45, 7) is 0.771. The second-order valence-corrected chi connectivity index (χ2v) is 5.48. The van der Waals surface area contributed by atoms with Crippen LogP contribution in [0.3, 0.4) is 0 Å². The summed E-state index contributed by atoms with van der Waals surface area (Å²) in [5.74, 6) is 2.17. The average molecular weight is 240 g/mol. The number of hydrogen-bond donors (Lipinski definition) is 1. The number of benzene rings is 1. The Morgan fingerprint density at radius 3 is 2.94 bits per heavy atom. The highest BCUT2D eigenvalue weighted by Crippen LogP contribution is 2.23. The summed E-state index contributed by atoms with van der Waals surface area (Å²) in [7, 11) is 2.09. The predicted octanol–water partition coefficient (Wildman–Crippen LogP) is 2.35. The molecule has 1 aromatic rings. The highest BCUT2D eigenvalue weighted by Gasteiger charge is 2.19. The lowest BCUT2D eigenvalue weighted by molar-refractivity contribution is 0.254. The van der Waals surface area contributed by atoms with Gasteiger partial charge in [0.25, 0.3) is 0 Å². The van der Waals surface area contributed by atoms with Crippen LogP contribution in [0.4, 0.5) is 10.1 Å². The Kier molecular flexibility index (Phi) is 3.71. The third kappa shape index (κ3) is 2.89.